The van der Waals surface area contributed by atoms with Crippen molar-refractivity contribution in [3.05, 3.63) is 63.6 Å². The Bertz CT molecular complexity index is 928. The van der Waals surface area contributed by atoms with E-state index in [2.05, 4.69) is 37.3 Å². The van der Waals surface area contributed by atoms with E-state index in [1.54, 1.807) is 0 Å². The number of benzene rings is 2. The van der Waals surface area contributed by atoms with E-state index < -0.39 is 0 Å². The second kappa shape index (κ2) is 12.8. The SMILES string of the molecule is CC[C@@H](CN(C)C)Oc1cc(Cl)ccc1C1CCN(C(=O)[C@@H](Cc2ccc(Cl)cc2)NC)CC1. The number of ether oxygens (including phenoxy) is 1. The summed E-state index contributed by atoms with van der Waals surface area (Å²) in [5.74, 6) is 1.37. The van der Waals surface area contributed by atoms with E-state index >= 15 is 0 Å². The van der Waals surface area contributed by atoms with Crippen LogP contribution in [-0.2, 0) is 11.2 Å². The molecule has 3 rings (SSSR count). The molecule has 1 amide bonds. The summed E-state index contributed by atoms with van der Waals surface area (Å²) in [6.07, 6.45) is 3.50. The first kappa shape index (κ1) is 26.8. The largest absolute Gasteiger partial charge is 0.489 e. The normalized spacial score (nSPS) is 16.5. The Labute approximate surface area is 214 Å². The quantitative estimate of drug-likeness (QED) is 0.478. The monoisotopic (exact) mass is 505 g/mol. The van der Waals surface area contributed by atoms with Crippen LogP contribution in [0.2, 0.25) is 10.0 Å². The fourth-order valence-corrected chi connectivity index (χ4v) is 4.87. The number of hydrogen-bond acceptors (Lipinski definition) is 4. The molecule has 0 aliphatic carbocycles. The minimum atomic E-state index is -0.247. The summed E-state index contributed by atoms with van der Waals surface area (Å²) >= 11 is 12.3. The van der Waals surface area contributed by atoms with Crippen LogP contribution in [0, 0.1) is 0 Å². The van der Waals surface area contributed by atoms with Crippen molar-refractivity contribution in [3.63, 3.8) is 0 Å². The maximum absolute atomic E-state index is 13.2. The zero-order valence-corrected chi connectivity index (χ0v) is 22.2. The minimum Gasteiger partial charge on any atom is -0.489 e. The van der Waals surface area contributed by atoms with Crippen molar-refractivity contribution in [2.75, 3.05) is 40.8 Å². The van der Waals surface area contributed by atoms with E-state index in [0.29, 0.717) is 22.4 Å². The summed E-state index contributed by atoms with van der Waals surface area (Å²) < 4.78 is 6.42. The fourth-order valence-electron chi connectivity index (χ4n) is 4.58. The van der Waals surface area contributed by atoms with Gasteiger partial charge in [0.15, 0.2) is 0 Å². The van der Waals surface area contributed by atoms with E-state index in [0.717, 1.165) is 50.2 Å². The van der Waals surface area contributed by atoms with Gasteiger partial charge in [-0.1, -0.05) is 48.3 Å². The third-order valence-electron chi connectivity index (χ3n) is 6.54. The van der Waals surface area contributed by atoms with Crippen molar-refractivity contribution in [3.8, 4) is 5.75 Å². The molecule has 2 aromatic rings. The van der Waals surface area contributed by atoms with Crippen LogP contribution in [0.1, 0.15) is 43.2 Å². The number of nitrogens with one attached hydrogen (secondary N) is 1. The molecule has 0 saturated carbocycles. The number of nitrogens with zero attached hydrogens (tertiary/aromatic N) is 2. The maximum Gasteiger partial charge on any atom is 0.240 e. The topological polar surface area (TPSA) is 44.8 Å². The summed E-state index contributed by atoms with van der Waals surface area (Å²) in [6.45, 7) is 4.47. The molecule has 1 N–H and O–H groups in total. The highest BCUT2D eigenvalue weighted by molar-refractivity contribution is 6.30. The van der Waals surface area contributed by atoms with Gasteiger partial charge in [-0.3, -0.25) is 4.79 Å². The van der Waals surface area contributed by atoms with Gasteiger partial charge in [0.05, 0.1) is 6.04 Å². The van der Waals surface area contributed by atoms with Crippen molar-refractivity contribution in [1.82, 2.24) is 15.1 Å². The smallest absolute Gasteiger partial charge is 0.240 e. The lowest BCUT2D eigenvalue weighted by molar-refractivity contribution is -0.134. The van der Waals surface area contributed by atoms with Gasteiger partial charge in [-0.2, -0.15) is 0 Å². The highest BCUT2D eigenvalue weighted by Gasteiger charge is 2.29. The second-order valence-corrected chi connectivity index (χ2v) is 10.2. The van der Waals surface area contributed by atoms with Gasteiger partial charge < -0.3 is 19.9 Å². The van der Waals surface area contributed by atoms with Gasteiger partial charge in [0.2, 0.25) is 5.91 Å². The Kier molecular flexibility index (Phi) is 10.1. The molecule has 1 saturated heterocycles. The second-order valence-electron chi connectivity index (χ2n) is 9.36. The average molecular weight is 507 g/mol. The Morgan fingerprint density at radius 3 is 2.35 bits per heavy atom. The van der Waals surface area contributed by atoms with Crippen LogP contribution >= 0.6 is 23.2 Å². The van der Waals surface area contributed by atoms with Crippen molar-refractivity contribution in [2.24, 2.45) is 0 Å². The third kappa shape index (κ3) is 7.35. The molecule has 2 aromatic carbocycles. The first-order valence-corrected chi connectivity index (χ1v) is 12.9. The van der Waals surface area contributed by atoms with Crippen LogP contribution in [0.3, 0.4) is 0 Å². The molecule has 0 spiro atoms. The Morgan fingerprint density at radius 2 is 1.76 bits per heavy atom. The average Bonchev–Trinajstić information content (AvgIpc) is 2.83. The van der Waals surface area contributed by atoms with E-state index in [4.69, 9.17) is 27.9 Å². The van der Waals surface area contributed by atoms with Crippen molar-refractivity contribution in [1.29, 1.82) is 0 Å². The number of likely N-dealkylation sites (tertiary alicyclic amines) is 1. The fraction of sp³-hybridized carbons (Fsp3) is 0.519. The molecule has 34 heavy (non-hydrogen) atoms. The van der Waals surface area contributed by atoms with Crippen LogP contribution in [-0.4, -0.2) is 68.6 Å². The van der Waals surface area contributed by atoms with Gasteiger partial charge in [-0.05, 0) is 88.1 Å². The van der Waals surface area contributed by atoms with Gasteiger partial charge in [-0.15, -0.1) is 0 Å². The maximum atomic E-state index is 13.2. The van der Waals surface area contributed by atoms with Gasteiger partial charge >= 0.3 is 0 Å². The molecule has 2 atom stereocenters. The Balaban J connectivity index is 1.64. The summed E-state index contributed by atoms with van der Waals surface area (Å²) in [5, 5.41) is 4.59. The van der Waals surface area contributed by atoms with Crippen molar-refractivity contribution >= 4 is 29.1 Å². The van der Waals surface area contributed by atoms with Crippen molar-refractivity contribution in [2.45, 2.75) is 50.7 Å². The van der Waals surface area contributed by atoms with Gasteiger partial charge in [0.25, 0.3) is 0 Å². The van der Waals surface area contributed by atoms with Crippen LogP contribution in [0.4, 0.5) is 0 Å². The number of carbonyl (C=O) groups is 1. The van der Waals surface area contributed by atoms with Gasteiger partial charge in [0, 0.05) is 29.7 Å². The van der Waals surface area contributed by atoms with Crippen LogP contribution < -0.4 is 10.1 Å². The summed E-state index contributed by atoms with van der Waals surface area (Å²) in [4.78, 5) is 17.4. The number of amides is 1. The molecule has 1 aliphatic heterocycles. The molecule has 5 nitrogen and oxygen atoms in total. The van der Waals surface area contributed by atoms with E-state index in [-0.39, 0.29) is 18.1 Å². The summed E-state index contributed by atoms with van der Waals surface area (Å²) in [7, 11) is 5.96. The lowest BCUT2D eigenvalue weighted by Gasteiger charge is -2.35. The number of hydrogen-bond donors (Lipinski definition) is 1. The highest BCUT2D eigenvalue weighted by atomic mass is 35.5. The zero-order chi connectivity index (χ0) is 24.7. The highest BCUT2D eigenvalue weighted by Crippen LogP contribution is 2.37. The van der Waals surface area contributed by atoms with Crippen LogP contribution in [0.5, 0.6) is 5.75 Å². The molecule has 1 fully saturated rings. The minimum absolute atomic E-state index is 0.109. The first-order chi connectivity index (χ1) is 16.3. The Hall–Kier alpha value is -1.79. The molecular formula is C27H37Cl2N3O2. The molecule has 186 valence electrons. The number of piperidine rings is 1. The molecule has 7 heteroatoms. The standard InChI is InChI=1S/C27H37Cl2N3O2/c1-5-23(18-31(3)4)34-26-17-22(29)10-11-24(26)20-12-14-32(15-13-20)27(33)25(30-2)16-19-6-8-21(28)9-7-19/h6-11,17,20,23,25,30H,5,12-16,18H2,1-4H3/t23-,25+/m0/s1. The molecule has 0 bridgehead atoms. The molecule has 0 aromatic heterocycles. The van der Waals surface area contributed by atoms with Crippen LogP contribution in [0.25, 0.3) is 0 Å². The third-order valence-corrected chi connectivity index (χ3v) is 7.03. The van der Waals surface area contributed by atoms with Crippen LogP contribution in [0.15, 0.2) is 42.5 Å². The number of halogens is 2. The molecule has 1 heterocycles. The number of likely N-dealkylation sites (N-methyl/N-ethyl adjacent to an activating group) is 2. The van der Waals surface area contributed by atoms with E-state index in [1.807, 2.05) is 48.3 Å². The van der Waals surface area contributed by atoms with Crippen molar-refractivity contribution < 1.29 is 9.53 Å². The Morgan fingerprint density at radius 1 is 1.12 bits per heavy atom. The predicted molar refractivity (Wildman–Crippen MR) is 141 cm³/mol. The number of rotatable bonds is 10. The zero-order valence-electron chi connectivity index (χ0n) is 20.7. The van der Waals surface area contributed by atoms with Gasteiger partial charge in [-0.25, -0.2) is 0 Å². The van der Waals surface area contributed by atoms with E-state index in [9.17, 15) is 4.79 Å². The predicted octanol–water partition coefficient (Wildman–Crippen LogP) is 5.25. The molecule has 1 aliphatic rings. The van der Waals surface area contributed by atoms with Gasteiger partial charge in [0.1, 0.15) is 11.9 Å². The van der Waals surface area contributed by atoms with E-state index in [1.165, 1.54) is 5.56 Å². The number of carbonyl (C=O) groups excluding carboxylic acids is 1. The molecule has 0 unspecified atom stereocenters. The lowest BCUT2D eigenvalue weighted by Crippen LogP contribution is -2.49. The molecule has 0 radical (unpaired) electrons. The molecular weight excluding hydrogens is 469 g/mol. The lowest BCUT2D eigenvalue weighted by atomic mass is 9.88. The summed E-state index contributed by atoms with van der Waals surface area (Å²) in [5.41, 5.74) is 2.29. The first-order valence-electron chi connectivity index (χ1n) is 12.1. The summed E-state index contributed by atoms with van der Waals surface area (Å²) in [6, 6.07) is 13.4.